The van der Waals surface area contributed by atoms with Gasteiger partial charge < -0.3 is 30.9 Å². The normalized spacial score (nSPS) is 20.7. The van der Waals surface area contributed by atoms with E-state index >= 15 is 0 Å². The molecule has 0 spiro atoms. The SMILES string of the molecule is CCCCOC1N=CC(N)=C(NCc2ccc(N3CCN(C)CC3)cc2)N1. The lowest BCUT2D eigenvalue weighted by molar-refractivity contribution is 0.0388. The highest BCUT2D eigenvalue weighted by Crippen LogP contribution is 2.17. The summed E-state index contributed by atoms with van der Waals surface area (Å²) in [5, 5.41) is 6.57. The van der Waals surface area contributed by atoms with Crippen molar-refractivity contribution in [1.82, 2.24) is 15.5 Å². The fourth-order valence-electron chi connectivity index (χ4n) is 3.11. The highest BCUT2D eigenvalue weighted by atomic mass is 16.5. The molecule has 27 heavy (non-hydrogen) atoms. The van der Waals surface area contributed by atoms with Gasteiger partial charge >= 0.3 is 0 Å². The molecule has 2 aliphatic heterocycles. The molecule has 1 unspecified atom stereocenters. The monoisotopic (exact) mass is 372 g/mol. The van der Waals surface area contributed by atoms with Crippen LogP contribution in [0.1, 0.15) is 25.3 Å². The molecule has 0 aromatic heterocycles. The first kappa shape index (κ1) is 19.5. The molecule has 1 fully saturated rings. The van der Waals surface area contributed by atoms with E-state index in [0.717, 1.165) is 44.8 Å². The minimum absolute atomic E-state index is 0.369. The number of nitrogens with two attached hydrogens (primary N) is 1. The number of allylic oxidation sites excluding steroid dienone is 1. The third-order valence-electron chi connectivity index (χ3n) is 4.95. The average Bonchev–Trinajstić information content (AvgIpc) is 2.69. The first-order valence-electron chi connectivity index (χ1n) is 9.83. The second-order valence-corrected chi connectivity index (χ2v) is 7.14. The fraction of sp³-hybridized carbons (Fsp3) is 0.550. The Labute approximate surface area is 162 Å². The summed E-state index contributed by atoms with van der Waals surface area (Å²) in [5.74, 6) is 0.773. The highest BCUT2D eigenvalue weighted by Gasteiger charge is 2.16. The number of aliphatic imine (C=N–C) groups is 1. The Bertz CT molecular complexity index is 649. The van der Waals surface area contributed by atoms with E-state index < -0.39 is 0 Å². The van der Waals surface area contributed by atoms with E-state index in [2.05, 4.69) is 63.7 Å². The number of nitrogens with one attached hydrogen (secondary N) is 2. The number of ether oxygens (including phenoxy) is 1. The lowest BCUT2D eigenvalue weighted by Gasteiger charge is -2.34. The second-order valence-electron chi connectivity index (χ2n) is 7.14. The molecule has 148 valence electrons. The summed E-state index contributed by atoms with van der Waals surface area (Å²) in [6.07, 6.45) is 3.41. The zero-order valence-corrected chi connectivity index (χ0v) is 16.4. The molecule has 2 aliphatic rings. The van der Waals surface area contributed by atoms with Crippen molar-refractivity contribution in [3.05, 3.63) is 41.3 Å². The Hall–Kier alpha value is -2.25. The zero-order valence-electron chi connectivity index (χ0n) is 16.4. The zero-order chi connectivity index (χ0) is 19.1. The van der Waals surface area contributed by atoms with Gasteiger partial charge in [-0.3, -0.25) is 0 Å². The largest absolute Gasteiger partial charge is 0.395 e. The third-order valence-corrected chi connectivity index (χ3v) is 4.95. The predicted molar refractivity (Wildman–Crippen MR) is 110 cm³/mol. The van der Waals surface area contributed by atoms with E-state index in [0.29, 0.717) is 18.8 Å². The van der Waals surface area contributed by atoms with Crippen LogP contribution in [0.4, 0.5) is 5.69 Å². The molecule has 7 nitrogen and oxygen atoms in total. The highest BCUT2D eigenvalue weighted by molar-refractivity contribution is 5.79. The molecule has 7 heteroatoms. The molecule has 0 saturated carbocycles. The van der Waals surface area contributed by atoms with E-state index in [1.165, 1.54) is 11.3 Å². The molecule has 0 amide bonds. The van der Waals surface area contributed by atoms with Gasteiger partial charge in [0.15, 0.2) is 0 Å². The molecule has 1 aromatic rings. The fourth-order valence-corrected chi connectivity index (χ4v) is 3.11. The van der Waals surface area contributed by atoms with Crippen molar-refractivity contribution < 1.29 is 4.74 Å². The van der Waals surface area contributed by atoms with Crippen molar-refractivity contribution >= 4 is 11.9 Å². The number of likely N-dealkylation sites (N-methyl/N-ethyl adjacent to an activating group) is 1. The van der Waals surface area contributed by atoms with Gasteiger partial charge in [0, 0.05) is 38.4 Å². The molecular formula is C20H32N6O. The van der Waals surface area contributed by atoms with Crippen molar-refractivity contribution in [3.63, 3.8) is 0 Å². The minimum Gasteiger partial charge on any atom is -0.395 e. The van der Waals surface area contributed by atoms with E-state index in [1.54, 1.807) is 6.21 Å². The summed E-state index contributed by atoms with van der Waals surface area (Å²) in [4.78, 5) is 9.07. The summed E-state index contributed by atoms with van der Waals surface area (Å²) in [5.41, 5.74) is 9.13. The van der Waals surface area contributed by atoms with Gasteiger partial charge in [0.25, 0.3) is 0 Å². The Morgan fingerprint density at radius 1 is 1.22 bits per heavy atom. The summed E-state index contributed by atoms with van der Waals surface area (Å²) in [6.45, 7) is 7.92. The predicted octanol–water partition coefficient (Wildman–Crippen LogP) is 1.43. The second kappa shape index (κ2) is 9.62. The standard InChI is InChI=1S/C20H32N6O/c1-3-4-13-27-20-23-15-18(21)19(24-20)22-14-16-5-7-17(8-6-16)26-11-9-25(2)10-12-26/h5-8,15,20,22,24H,3-4,9-14,21H2,1-2H3. The van der Waals surface area contributed by atoms with Crippen LogP contribution < -0.4 is 21.3 Å². The molecule has 0 bridgehead atoms. The maximum atomic E-state index is 6.03. The number of nitrogens with zero attached hydrogens (tertiary/aromatic N) is 3. The Morgan fingerprint density at radius 2 is 1.96 bits per heavy atom. The number of piperazine rings is 1. The van der Waals surface area contributed by atoms with Crippen molar-refractivity contribution in [2.75, 3.05) is 44.7 Å². The molecule has 1 saturated heterocycles. The lowest BCUT2D eigenvalue weighted by Crippen LogP contribution is -2.44. The van der Waals surface area contributed by atoms with Crippen molar-refractivity contribution in [2.24, 2.45) is 10.7 Å². The van der Waals surface area contributed by atoms with E-state index in [-0.39, 0.29) is 6.35 Å². The van der Waals surface area contributed by atoms with Crippen LogP contribution in [0.3, 0.4) is 0 Å². The molecule has 0 aliphatic carbocycles. The Balaban J connectivity index is 1.49. The molecule has 1 aromatic carbocycles. The van der Waals surface area contributed by atoms with Gasteiger partial charge in [0.1, 0.15) is 5.82 Å². The van der Waals surface area contributed by atoms with Crippen molar-refractivity contribution in [2.45, 2.75) is 32.7 Å². The molecule has 4 N–H and O–H groups in total. The third kappa shape index (κ3) is 5.61. The summed E-state index contributed by atoms with van der Waals surface area (Å²) >= 11 is 0. The summed E-state index contributed by atoms with van der Waals surface area (Å²) < 4.78 is 5.70. The van der Waals surface area contributed by atoms with E-state index in [9.17, 15) is 0 Å². The quantitative estimate of drug-likeness (QED) is 0.599. The number of rotatable bonds is 8. The number of unbranched alkanes of at least 4 members (excludes halogenated alkanes) is 1. The van der Waals surface area contributed by atoms with E-state index in [4.69, 9.17) is 10.5 Å². The first-order chi connectivity index (χ1) is 13.2. The lowest BCUT2D eigenvalue weighted by atomic mass is 10.1. The van der Waals surface area contributed by atoms with Crippen molar-refractivity contribution in [3.8, 4) is 0 Å². The van der Waals surface area contributed by atoms with Gasteiger partial charge in [-0.05, 0) is 31.2 Å². The van der Waals surface area contributed by atoms with Gasteiger partial charge in [-0.1, -0.05) is 25.5 Å². The van der Waals surface area contributed by atoms with Crippen LogP contribution in [0, 0.1) is 0 Å². The van der Waals surface area contributed by atoms with E-state index in [1.807, 2.05) is 0 Å². The maximum absolute atomic E-state index is 6.03. The van der Waals surface area contributed by atoms with Crippen LogP contribution in [0.15, 0.2) is 40.8 Å². The van der Waals surface area contributed by atoms with Gasteiger partial charge in [-0.15, -0.1) is 0 Å². The minimum atomic E-state index is -0.369. The summed E-state index contributed by atoms with van der Waals surface area (Å²) in [6, 6.07) is 8.74. The van der Waals surface area contributed by atoms with Crippen LogP contribution in [0.2, 0.25) is 0 Å². The van der Waals surface area contributed by atoms with Gasteiger partial charge in [-0.25, -0.2) is 4.99 Å². The number of anilines is 1. The molecule has 3 rings (SSSR count). The molecule has 1 atom stereocenters. The molecule has 2 heterocycles. The maximum Gasteiger partial charge on any atom is 0.226 e. The van der Waals surface area contributed by atoms with Gasteiger partial charge in [0.05, 0.1) is 18.5 Å². The summed E-state index contributed by atoms with van der Waals surface area (Å²) in [7, 11) is 2.18. The Morgan fingerprint density at radius 3 is 2.67 bits per heavy atom. The molecule has 0 radical (unpaired) electrons. The molecular weight excluding hydrogens is 340 g/mol. The van der Waals surface area contributed by atoms with Gasteiger partial charge in [-0.2, -0.15) is 0 Å². The Kier molecular flexibility index (Phi) is 6.95. The van der Waals surface area contributed by atoms with Crippen molar-refractivity contribution in [1.29, 1.82) is 0 Å². The van der Waals surface area contributed by atoms with Crippen LogP contribution in [-0.2, 0) is 11.3 Å². The van der Waals surface area contributed by atoms with Crippen LogP contribution in [0.25, 0.3) is 0 Å². The topological polar surface area (TPSA) is 78.2 Å². The van der Waals surface area contributed by atoms with Gasteiger partial charge in [0.2, 0.25) is 6.35 Å². The smallest absolute Gasteiger partial charge is 0.226 e. The van der Waals surface area contributed by atoms with Crippen LogP contribution >= 0.6 is 0 Å². The average molecular weight is 373 g/mol. The van der Waals surface area contributed by atoms with Crippen LogP contribution in [0.5, 0.6) is 0 Å². The number of hydrogen-bond donors (Lipinski definition) is 3. The number of benzene rings is 1. The van der Waals surface area contributed by atoms with Crippen LogP contribution in [-0.4, -0.2) is 57.3 Å². The number of hydrogen-bond acceptors (Lipinski definition) is 7. The first-order valence-corrected chi connectivity index (χ1v) is 9.83.